The molecule has 21 heavy (non-hydrogen) atoms. The Labute approximate surface area is 124 Å². The Balaban J connectivity index is 1.89. The van der Waals surface area contributed by atoms with E-state index >= 15 is 0 Å². The zero-order chi connectivity index (χ0) is 15.0. The quantitative estimate of drug-likeness (QED) is 0.506. The third-order valence-corrected chi connectivity index (χ3v) is 3.39. The molecule has 3 heteroatoms. The summed E-state index contributed by atoms with van der Waals surface area (Å²) in [7, 11) is 0. The van der Waals surface area contributed by atoms with E-state index in [0.717, 1.165) is 6.42 Å². The molecular formula is C18H18NO2-. The topological polar surface area (TPSA) is 44.6 Å². The molecule has 0 saturated heterocycles. The van der Waals surface area contributed by atoms with Crippen molar-refractivity contribution in [3.8, 4) is 11.1 Å². The summed E-state index contributed by atoms with van der Waals surface area (Å²) in [5.74, 6) is 0. The van der Waals surface area contributed by atoms with Crippen molar-refractivity contribution in [2.24, 2.45) is 4.99 Å². The molecule has 0 spiro atoms. The summed E-state index contributed by atoms with van der Waals surface area (Å²) >= 11 is 0. The number of hydrogen-bond acceptors (Lipinski definition) is 3. The number of nitrogens with zero attached hydrogens (tertiary/aromatic N) is 1. The van der Waals surface area contributed by atoms with Gasteiger partial charge >= 0.3 is 0 Å². The van der Waals surface area contributed by atoms with Crippen molar-refractivity contribution in [3.63, 3.8) is 0 Å². The van der Waals surface area contributed by atoms with Gasteiger partial charge in [0.25, 0.3) is 0 Å². The zero-order valence-corrected chi connectivity index (χ0v) is 12.5. The minimum atomic E-state index is -0.544. The van der Waals surface area contributed by atoms with Gasteiger partial charge in [-0.1, -0.05) is 51.1 Å². The van der Waals surface area contributed by atoms with Gasteiger partial charge in [0.1, 0.15) is 0 Å². The minimum Gasteiger partial charge on any atom is -0.594 e. The van der Waals surface area contributed by atoms with Crippen LogP contribution in [0.2, 0.25) is 0 Å². The van der Waals surface area contributed by atoms with Crippen molar-refractivity contribution in [2.75, 3.05) is 0 Å². The van der Waals surface area contributed by atoms with Crippen molar-refractivity contribution in [1.29, 1.82) is 0 Å². The first-order chi connectivity index (χ1) is 9.92. The smallest absolute Gasteiger partial charge is 0.151 e. The average molecular weight is 280 g/mol. The summed E-state index contributed by atoms with van der Waals surface area (Å²) in [5, 5.41) is 11.8. The molecule has 2 aromatic rings. The lowest BCUT2D eigenvalue weighted by molar-refractivity contribution is -0.259. The van der Waals surface area contributed by atoms with Gasteiger partial charge < -0.3 is 9.84 Å². The van der Waals surface area contributed by atoms with Crippen molar-refractivity contribution in [2.45, 2.75) is 32.8 Å². The number of hydrogen-bond donors (Lipinski definition) is 0. The van der Waals surface area contributed by atoms with E-state index in [9.17, 15) is 5.11 Å². The molecule has 0 saturated carbocycles. The number of aliphatic imine (C=N–C) groups is 1. The predicted octanol–water partition coefficient (Wildman–Crippen LogP) is 3.42. The lowest BCUT2D eigenvalue weighted by atomic mass is 10.1. The van der Waals surface area contributed by atoms with E-state index in [-0.39, 0.29) is 0 Å². The van der Waals surface area contributed by atoms with E-state index in [0.29, 0.717) is 5.69 Å². The molecule has 2 aromatic carbocycles. The molecule has 0 fully saturated rings. The van der Waals surface area contributed by atoms with Gasteiger partial charge in [0.15, 0.2) is 6.08 Å². The maximum Gasteiger partial charge on any atom is 0.151 e. The molecule has 0 aliphatic heterocycles. The molecule has 0 amide bonds. The van der Waals surface area contributed by atoms with Crippen LogP contribution in [-0.4, -0.2) is 11.7 Å². The fraction of sp³-hybridized carbons (Fsp3) is 0.278. The molecule has 0 radical (unpaired) electrons. The predicted molar refractivity (Wildman–Crippen MR) is 82.6 cm³/mol. The molecule has 0 N–H and O–H groups in total. The maximum absolute atomic E-state index is 11.8. The van der Waals surface area contributed by atoms with Gasteiger partial charge in [-0.2, -0.15) is 0 Å². The summed E-state index contributed by atoms with van der Waals surface area (Å²) in [6, 6.07) is 14.2. The first-order valence-electron chi connectivity index (χ1n) is 7.08. The molecule has 1 aliphatic rings. The normalized spacial score (nSPS) is 13.8. The van der Waals surface area contributed by atoms with Gasteiger partial charge in [-0.05, 0) is 40.8 Å². The highest BCUT2D eigenvalue weighted by molar-refractivity contribution is 5.79. The molecule has 3 rings (SSSR count). The number of ether oxygens (including phenoxy) is 1. The Morgan fingerprint density at radius 1 is 1.05 bits per heavy atom. The van der Waals surface area contributed by atoms with E-state index in [1.165, 1.54) is 22.3 Å². The van der Waals surface area contributed by atoms with Gasteiger partial charge in [-0.3, -0.25) is 0 Å². The minimum absolute atomic E-state index is 0.520. The van der Waals surface area contributed by atoms with Crippen LogP contribution >= 0.6 is 0 Å². The third kappa shape index (κ3) is 2.92. The average Bonchev–Trinajstić information content (AvgIpc) is 2.73. The molecular weight excluding hydrogens is 262 g/mol. The molecule has 0 heterocycles. The maximum atomic E-state index is 11.8. The Morgan fingerprint density at radius 2 is 1.76 bits per heavy atom. The summed E-state index contributed by atoms with van der Waals surface area (Å²) < 4.78 is 5.22. The molecule has 3 nitrogen and oxygen atoms in total. The SMILES string of the molecule is CC(C)(C)OC([O-])=Nc1ccc2c(c1)Cc1ccccc1-2. The molecule has 1 aliphatic carbocycles. The fourth-order valence-corrected chi connectivity index (χ4v) is 2.59. The highest BCUT2D eigenvalue weighted by Crippen LogP contribution is 2.38. The Morgan fingerprint density at radius 3 is 2.52 bits per heavy atom. The van der Waals surface area contributed by atoms with Crippen molar-refractivity contribution in [1.82, 2.24) is 0 Å². The second kappa shape index (κ2) is 4.92. The van der Waals surface area contributed by atoms with E-state index < -0.39 is 11.7 Å². The summed E-state index contributed by atoms with van der Waals surface area (Å²) in [5.41, 5.74) is 5.16. The third-order valence-electron chi connectivity index (χ3n) is 3.39. The van der Waals surface area contributed by atoms with Crippen molar-refractivity contribution >= 4 is 11.8 Å². The summed E-state index contributed by atoms with van der Waals surface area (Å²) in [4.78, 5) is 4.02. The highest BCUT2D eigenvalue weighted by atomic mass is 16.6. The standard InChI is InChI=1S/C18H19NO2/c1-18(2,3)21-17(20)19-14-8-9-16-13(11-14)10-12-6-4-5-7-15(12)16/h4-9,11H,10H2,1-3H3,(H,19,20)/p-1. The van der Waals surface area contributed by atoms with Crippen LogP contribution in [0.4, 0.5) is 5.69 Å². The van der Waals surface area contributed by atoms with Crippen LogP contribution in [0.25, 0.3) is 11.1 Å². The van der Waals surface area contributed by atoms with Crippen LogP contribution in [0.5, 0.6) is 0 Å². The first kappa shape index (κ1) is 13.7. The second-order valence-corrected chi connectivity index (χ2v) is 6.27. The largest absolute Gasteiger partial charge is 0.594 e. The number of benzene rings is 2. The van der Waals surface area contributed by atoms with E-state index in [1.54, 1.807) is 0 Å². The van der Waals surface area contributed by atoms with Gasteiger partial charge in [-0.15, -0.1) is 0 Å². The van der Waals surface area contributed by atoms with Crippen LogP contribution in [0.3, 0.4) is 0 Å². The van der Waals surface area contributed by atoms with Crippen LogP contribution in [0, 0.1) is 0 Å². The van der Waals surface area contributed by atoms with Crippen LogP contribution < -0.4 is 5.11 Å². The summed E-state index contributed by atoms with van der Waals surface area (Å²) in [6.45, 7) is 5.50. The molecule has 0 aromatic heterocycles. The van der Waals surface area contributed by atoms with Gasteiger partial charge in [-0.25, -0.2) is 4.99 Å². The fourth-order valence-electron chi connectivity index (χ4n) is 2.59. The van der Waals surface area contributed by atoms with Crippen LogP contribution in [0.1, 0.15) is 31.9 Å². The highest BCUT2D eigenvalue weighted by Gasteiger charge is 2.17. The second-order valence-electron chi connectivity index (χ2n) is 6.27. The zero-order valence-electron chi connectivity index (χ0n) is 12.5. The molecule has 0 unspecified atom stereocenters. The molecule has 0 bridgehead atoms. The van der Waals surface area contributed by atoms with Gasteiger partial charge in [0.05, 0.1) is 5.69 Å². The summed E-state index contributed by atoms with van der Waals surface area (Å²) in [6.07, 6.45) is 0.348. The molecule has 108 valence electrons. The Kier molecular flexibility index (Phi) is 3.20. The van der Waals surface area contributed by atoms with Gasteiger partial charge in [0.2, 0.25) is 0 Å². The van der Waals surface area contributed by atoms with Crippen LogP contribution in [0.15, 0.2) is 47.5 Å². The van der Waals surface area contributed by atoms with Crippen LogP contribution in [-0.2, 0) is 11.2 Å². The monoisotopic (exact) mass is 280 g/mol. The van der Waals surface area contributed by atoms with E-state index in [4.69, 9.17) is 4.74 Å². The number of rotatable bonds is 1. The van der Waals surface area contributed by atoms with Crippen molar-refractivity contribution < 1.29 is 9.84 Å². The number of fused-ring (bicyclic) bond motifs is 3. The lowest BCUT2D eigenvalue weighted by Crippen LogP contribution is -2.31. The van der Waals surface area contributed by atoms with E-state index in [2.05, 4.69) is 23.2 Å². The van der Waals surface area contributed by atoms with Crippen molar-refractivity contribution in [3.05, 3.63) is 53.6 Å². The van der Waals surface area contributed by atoms with Gasteiger partial charge in [0, 0.05) is 5.60 Å². The lowest BCUT2D eigenvalue weighted by Gasteiger charge is -2.29. The Bertz CT molecular complexity index is 711. The van der Waals surface area contributed by atoms with E-state index in [1.807, 2.05) is 45.0 Å². The first-order valence-corrected chi connectivity index (χ1v) is 7.08. The molecule has 0 atom stereocenters. The Hall–Kier alpha value is -2.29.